The van der Waals surface area contributed by atoms with Gasteiger partial charge >= 0.3 is 0 Å². The summed E-state index contributed by atoms with van der Waals surface area (Å²) in [7, 11) is 1.60. The summed E-state index contributed by atoms with van der Waals surface area (Å²) in [5, 5.41) is 0.582. The van der Waals surface area contributed by atoms with Crippen molar-refractivity contribution in [1.82, 2.24) is 4.98 Å². The molecule has 1 atom stereocenters. The third kappa shape index (κ3) is 3.40. The minimum absolute atomic E-state index is 0.0485. The van der Waals surface area contributed by atoms with E-state index in [4.69, 9.17) is 26.8 Å². The molecule has 0 saturated carbocycles. The van der Waals surface area contributed by atoms with Crippen LogP contribution < -0.4 is 15.2 Å². The van der Waals surface area contributed by atoms with Crippen LogP contribution in [0.3, 0.4) is 0 Å². The molecule has 20 heavy (non-hydrogen) atoms. The Kier molecular flexibility index (Phi) is 4.82. The molecule has 0 amide bonds. The van der Waals surface area contributed by atoms with Gasteiger partial charge in [0.2, 0.25) is 0 Å². The lowest BCUT2D eigenvalue weighted by Crippen LogP contribution is -2.06. The number of halogens is 1. The number of nitrogens with zero attached hydrogens (tertiary/aromatic N) is 1. The fraction of sp³-hybridized carbons (Fsp3) is 0.267. The molecule has 2 rings (SSSR count). The van der Waals surface area contributed by atoms with Gasteiger partial charge in [-0.1, -0.05) is 17.7 Å². The van der Waals surface area contributed by atoms with Crippen molar-refractivity contribution in [2.75, 3.05) is 7.11 Å². The first-order valence-corrected chi connectivity index (χ1v) is 6.64. The second-order valence-electron chi connectivity index (χ2n) is 4.45. The summed E-state index contributed by atoms with van der Waals surface area (Å²) >= 11 is 6.04. The monoisotopic (exact) mass is 292 g/mol. The lowest BCUT2D eigenvalue weighted by Gasteiger charge is -2.14. The first-order chi connectivity index (χ1) is 9.61. The van der Waals surface area contributed by atoms with Crippen molar-refractivity contribution in [2.24, 2.45) is 5.73 Å². The first-order valence-electron chi connectivity index (χ1n) is 6.26. The molecule has 0 radical (unpaired) electrons. The maximum atomic E-state index is 6.04. The molecule has 0 aliphatic heterocycles. The van der Waals surface area contributed by atoms with Crippen molar-refractivity contribution in [3.05, 3.63) is 52.8 Å². The molecule has 0 saturated heterocycles. The van der Waals surface area contributed by atoms with Gasteiger partial charge in [0.25, 0.3) is 0 Å². The fourth-order valence-electron chi connectivity index (χ4n) is 1.76. The zero-order valence-corrected chi connectivity index (χ0v) is 12.2. The number of aromatic nitrogens is 1. The summed E-state index contributed by atoms with van der Waals surface area (Å²) in [6.45, 7) is 2.28. The molecule has 0 spiro atoms. The van der Waals surface area contributed by atoms with E-state index in [9.17, 15) is 0 Å². The second kappa shape index (κ2) is 6.59. The van der Waals surface area contributed by atoms with E-state index in [0.717, 1.165) is 11.1 Å². The molecule has 1 aromatic heterocycles. The van der Waals surface area contributed by atoms with Gasteiger partial charge in [-0.15, -0.1) is 0 Å². The average molecular weight is 293 g/mol. The van der Waals surface area contributed by atoms with Crippen LogP contribution in [-0.4, -0.2) is 12.1 Å². The van der Waals surface area contributed by atoms with Gasteiger partial charge in [0.05, 0.1) is 12.1 Å². The summed E-state index contributed by atoms with van der Waals surface area (Å²) in [4.78, 5) is 3.94. The molecule has 1 heterocycles. The van der Waals surface area contributed by atoms with Gasteiger partial charge in [-0.25, -0.2) is 0 Å². The zero-order chi connectivity index (χ0) is 14.5. The number of methoxy groups -OCH3 is 1. The maximum absolute atomic E-state index is 6.04. The normalized spacial score (nSPS) is 12.0. The molecule has 5 heteroatoms. The maximum Gasteiger partial charge on any atom is 0.161 e. The number of ether oxygens (including phenoxy) is 2. The highest BCUT2D eigenvalue weighted by atomic mass is 35.5. The minimum atomic E-state index is -0.0485. The van der Waals surface area contributed by atoms with Crippen molar-refractivity contribution < 1.29 is 9.47 Å². The molecule has 0 aliphatic rings. The molecule has 106 valence electrons. The third-order valence-corrected chi connectivity index (χ3v) is 3.29. The van der Waals surface area contributed by atoms with E-state index in [1.165, 1.54) is 0 Å². The predicted octanol–water partition coefficient (Wildman–Crippen LogP) is 3.34. The Labute approximate surface area is 123 Å². The summed E-state index contributed by atoms with van der Waals surface area (Å²) in [6, 6.07) is 7.44. The van der Waals surface area contributed by atoms with E-state index in [-0.39, 0.29) is 6.04 Å². The lowest BCUT2D eigenvalue weighted by atomic mass is 10.1. The smallest absolute Gasteiger partial charge is 0.161 e. The first kappa shape index (κ1) is 14.6. The SMILES string of the molecule is COc1cc([C@H](C)N)ccc1OCc1ccncc1Cl. The van der Waals surface area contributed by atoms with Crippen molar-refractivity contribution in [3.63, 3.8) is 0 Å². The van der Waals surface area contributed by atoms with Gasteiger partial charge in [0.15, 0.2) is 11.5 Å². The molecular weight excluding hydrogens is 276 g/mol. The number of rotatable bonds is 5. The van der Waals surface area contributed by atoms with Crippen LogP contribution in [0, 0.1) is 0 Å². The van der Waals surface area contributed by atoms with Gasteiger partial charge in [-0.3, -0.25) is 4.98 Å². The lowest BCUT2D eigenvalue weighted by molar-refractivity contribution is 0.284. The summed E-state index contributed by atoms with van der Waals surface area (Å²) in [5.41, 5.74) is 7.72. The third-order valence-electron chi connectivity index (χ3n) is 2.95. The number of benzene rings is 1. The number of hydrogen-bond donors (Lipinski definition) is 1. The van der Waals surface area contributed by atoms with E-state index in [0.29, 0.717) is 23.1 Å². The summed E-state index contributed by atoms with van der Waals surface area (Å²) < 4.78 is 11.1. The molecular formula is C15H17ClN2O2. The Balaban J connectivity index is 2.15. The van der Waals surface area contributed by atoms with E-state index in [2.05, 4.69) is 4.98 Å². The van der Waals surface area contributed by atoms with Gasteiger partial charge in [0.1, 0.15) is 6.61 Å². The molecule has 0 fully saturated rings. The largest absolute Gasteiger partial charge is 0.493 e. The molecule has 0 unspecified atom stereocenters. The predicted molar refractivity (Wildman–Crippen MR) is 79.2 cm³/mol. The summed E-state index contributed by atoms with van der Waals surface area (Å²) in [6.07, 6.45) is 3.28. The second-order valence-corrected chi connectivity index (χ2v) is 4.86. The van der Waals surface area contributed by atoms with Crippen LogP contribution in [0.1, 0.15) is 24.1 Å². The van der Waals surface area contributed by atoms with Crippen molar-refractivity contribution >= 4 is 11.6 Å². The van der Waals surface area contributed by atoms with Crippen molar-refractivity contribution in [3.8, 4) is 11.5 Å². The molecule has 0 bridgehead atoms. The Morgan fingerprint density at radius 3 is 2.75 bits per heavy atom. The van der Waals surface area contributed by atoms with Gasteiger partial charge in [-0.2, -0.15) is 0 Å². The van der Waals surface area contributed by atoms with E-state index in [1.807, 2.05) is 31.2 Å². The Morgan fingerprint density at radius 1 is 1.30 bits per heavy atom. The average Bonchev–Trinajstić information content (AvgIpc) is 2.46. The highest BCUT2D eigenvalue weighted by Gasteiger charge is 2.09. The van der Waals surface area contributed by atoms with Crippen LogP contribution >= 0.6 is 11.6 Å². The molecule has 0 aliphatic carbocycles. The van der Waals surface area contributed by atoms with Crippen LogP contribution in [0.5, 0.6) is 11.5 Å². The zero-order valence-electron chi connectivity index (χ0n) is 11.5. The van der Waals surface area contributed by atoms with Crippen molar-refractivity contribution in [2.45, 2.75) is 19.6 Å². The Morgan fingerprint density at radius 2 is 2.10 bits per heavy atom. The van der Waals surface area contributed by atoms with E-state index < -0.39 is 0 Å². The fourth-order valence-corrected chi connectivity index (χ4v) is 1.94. The highest BCUT2D eigenvalue weighted by Crippen LogP contribution is 2.30. The van der Waals surface area contributed by atoms with Crippen LogP contribution in [-0.2, 0) is 6.61 Å². The Bertz CT molecular complexity index is 588. The van der Waals surface area contributed by atoms with Crippen molar-refractivity contribution in [1.29, 1.82) is 0 Å². The topological polar surface area (TPSA) is 57.4 Å². The van der Waals surface area contributed by atoms with Crippen LogP contribution in [0.4, 0.5) is 0 Å². The molecule has 2 aromatic rings. The van der Waals surface area contributed by atoms with E-state index in [1.54, 1.807) is 19.5 Å². The standard InChI is InChI=1S/C15H17ClN2O2/c1-10(17)11-3-4-14(15(7-11)19-2)20-9-12-5-6-18-8-13(12)16/h3-8,10H,9,17H2,1-2H3/t10-/m0/s1. The molecule has 4 nitrogen and oxygen atoms in total. The quantitative estimate of drug-likeness (QED) is 0.918. The van der Waals surface area contributed by atoms with Gasteiger partial charge in [-0.05, 0) is 30.7 Å². The number of hydrogen-bond acceptors (Lipinski definition) is 4. The Hall–Kier alpha value is -1.78. The van der Waals surface area contributed by atoms with Gasteiger partial charge < -0.3 is 15.2 Å². The number of nitrogens with two attached hydrogens (primary N) is 1. The molecule has 1 aromatic carbocycles. The minimum Gasteiger partial charge on any atom is -0.493 e. The van der Waals surface area contributed by atoms with Gasteiger partial charge in [0, 0.05) is 24.0 Å². The molecule has 2 N–H and O–H groups in total. The summed E-state index contributed by atoms with van der Waals surface area (Å²) in [5.74, 6) is 1.31. The van der Waals surface area contributed by atoms with E-state index >= 15 is 0 Å². The number of pyridine rings is 1. The highest BCUT2D eigenvalue weighted by molar-refractivity contribution is 6.31. The van der Waals surface area contributed by atoms with Crippen LogP contribution in [0.15, 0.2) is 36.7 Å². The van der Waals surface area contributed by atoms with Crippen LogP contribution in [0.2, 0.25) is 5.02 Å². The van der Waals surface area contributed by atoms with Crippen LogP contribution in [0.25, 0.3) is 0 Å².